The van der Waals surface area contributed by atoms with Gasteiger partial charge in [-0.2, -0.15) is 0 Å². The van der Waals surface area contributed by atoms with Crippen LogP contribution in [0.3, 0.4) is 0 Å². The van der Waals surface area contributed by atoms with Crippen molar-refractivity contribution in [1.29, 1.82) is 0 Å². The minimum Gasteiger partial charge on any atom is -0.381 e. The van der Waals surface area contributed by atoms with Gasteiger partial charge in [0.1, 0.15) is 0 Å². The van der Waals surface area contributed by atoms with Gasteiger partial charge in [0.15, 0.2) is 16.3 Å². The fraction of sp³-hybridized carbons (Fsp3) is 0.389. The van der Waals surface area contributed by atoms with Crippen LogP contribution in [0, 0.1) is 0 Å². The van der Waals surface area contributed by atoms with E-state index in [1.165, 1.54) is 23.4 Å². The molecule has 0 radical (unpaired) electrons. The molecule has 0 spiro atoms. The normalized spacial score (nSPS) is 11.4. The molecule has 1 aromatic carbocycles. The number of nitrogens with zero attached hydrogens (tertiary/aromatic N) is 4. The van der Waals surface area contributed by atoms with Gasteiger partial charge in [-0.25, -0.2) is 9.78 Å². The van der Waals surface area contributed by atoms with Gasteiger partial charge in [0, 0.05) is 31.5 Å². The van der Waals surface area contributed by atoms with Gasteiger partial charge in [0.25, 0.3) is 5.56 Å². The van der Waals surface area contributed by atoms with Crippen molar-refractivity contribution in [3.05, 3.63) is 55.7 Å². The zero-order chi connectivity index (χ0) is 19.6. The minimum atomic E-state index is -0.402. The summed E-state index contributed by atoms with van der Waals surface area (Å²) in [5.41, 5.74) is 0.860. The van der Waals surface area contributed by atoms with Crippen molar-refractivity contribution < 1.29 is 4.74 Å². The van der Waals surface area contributed by atoms with E-state index >= 15 is 0 Å². The third-order valence-electron chi connectivity index (χ3n) is 4.26. The Balaban J connectivity index is 2.16. The average molecular weight is 409 g/mol. The maximum absolute atomic E-state index is 12.8. The second kappa shape index (κ2) is 8.33. The number of imidazole rings is 1. The topological polar surface area (TPSA) is 71.1 Å². The number of halogens is 1. The number of hydrogen-bond acceptors (Lipinski definition) is 5. The van der Waals surface area contributed by atoms with E-state index in [2.05, 4.69) is 4.98 Å². The molecule has 0 aliphatic rings. The van der Waals surface area contributed by atoms with Crippen LogP contribution in [-0.4, -0.2) is 37.7 Å². The van der Waals surface area contributed by atoms with Gasteiger partial charge in [-0.1, -0.05) is 41.6 Å². The van der Waals surface area contributed by atoms with E-state index in [4.69, 9.17) is 16.3 Å². The summed E-state index contributed by atoms with van der Waals surface area (Å²) in [4.78, 5) is 29.6. The van der Waals surface area contributed by atoms with Crippen molar-refractivity contribution in [1.82, 2.24) is 18.7 Å². The lowest BCUT2D eigenvalue weighted by Gasteiger charge is -2.10. The van der Waals surface area contributed by atoms with E-state index in [1.807, 2.05) is 35.8 Å². The predicted molar refractivity (Wildman–Crippen MR) is 108 cm³/mol. The summed E-state index contributed by atoms with van der Waals surface area (Å²) in [5.74, 6) is 0.688. The Labute approximate surface area is 165 Å². The lowest BCUT2D eigenvalue weighted by molar-refractivity contribution is 0.164. The first-order valence-electron chi connectivity index (χ1n) is 8.55. The molecule has 144 valence electrons. The number of thioether (sulfide) groups is 1. The van der Waals surface area contributed by atoms with Crippen molar-refractivity contribution >= 4 is 34.5 Å². The molecule has 3 aromatic rings. The number of fused-ring (bicyclic) bond motifs is 1. The number of aromatic nitrogens is 4. The molecule has 0 saturated heterocycles. The van der Waals surface area contributed by atoms with Crippen molar-refractivity contribution in [3.8, 4) is 0 Å². The van der Waals surface area contributed by atoms with E-state index in [-0.39, 0.29) is 5.56 Å². The second-order valence-corrected chi connectivity index (χ2v) is 7.46. The van der Waals surface area contributed by atoms with Crippen molar-refractivity contribution in [2.24, 2.45) is 14.1 Å². The molecule has 0 saturated carbocycles. The molecule has 0 N–H and O–H groups in total. The van der Waals surface area contributed by atoms with Crippen molar-refractivity contribution in [2.75, 3.05) is 19.0 Å². The quantitative estimate of drug-likeness (QED) is 0.443. The molecular weight excluding hydrogens is 388 g/mol. The number of aryl methyl sites for hydroxylation is 1. The standard InChI is InChI=1S/C18H21ClN4O3S/c1-4-26-9-10-27-17-20-15-14(16(24)22(3)18(25)21(15)2)23(17)11-12-7-5-6-8-13(12)19/h5-8H,4,9-11H2,1-3H3. The molecule has 27 heavy (non-hydrogen) atoms. The third kappa shape index (κ3) is 3.83. The molecule has 2 aromatic heterocycles. The molecule has 0 fully saturated rings. The molecule has 7 nitrogen and oxygen atoms in total. The van der Waals surface area contributed by atoms with Crippen LogP contribution in [-0.2, 0) is 25.4 Å². The Bertz CT molecular complexity index is 1090. The first-order chi connectivity index (χ1) is 13.0. The summed E-state index contributed by atoms with van der Waals surface area (Å²) in [6.45, 7) is 3.55. The van der Waals surface area contributed by atoms with Gasteiger partial charge in [-0.3, -0.25) is 13.9 Å². The second-order valence-electron chi connectivity index (χ2n) is 6.00. The van der Waals surface area contributed by atoms with Crippen LogP contribution in [0.25, 0.3) is 11.2 Å². The van der Waals surface area contributed by atoms with Gasteiger partial charge in [-0.05, 0) is 18.6 Å². The van der Waals surface area contributed by atoms with E-state index in [1.54, 1.807) is 7.05 Å². The largest absolute Gasteiger partial charge is 0.381 e. The molecule has 0 bridgehead atoms. The Kier molecular flexibility index (Phi) is 6.08. The fourth-order valence-electron chi connectivity index (χ4n) is 2.82. The summed E-state index contributed by atoms with van der Waals surface area (Å²) in [5, 5.41) is 1.27. The molecule has 0 aliphatic carbocycles. The highest BCUT2D eigenvalue weighted by molar-refractivity contribution is 7.99. The van der Waals surface area contributed by atoms with Crippen LogP contribution in [0.2, 0.25) is 5.02 Å². The Morgan fingerprint density at radius 3 is 2.63 bits per heavy atom. The SMILES string of the molecule is CCOCCSc1nc2c(c(=O)n(C)c(=O)n2C)n1Cc1ccccc1Cl. The fourth-order valence-corrected chi connectivity index (χ4v) is 3.86. The monoisotopic (exact) mass is 408 g/mol. The lowest BCUT2D eigenvalue weighted by Crippen LogP contribution is -2.37. The van der Waals surface area contributed by atoms with Crippen molar-refractivity contribution in [2.45, 2.75) is 18.6 Å². The first-order valence-corrected chi connectivity index (χ1v) is 9.92. The maximum Gasteiger partial charge on any atom is 0.332 e. The highest BCUT2D eigenvalue weighted by Crippen LogP contribution is 2.25. The summed E-state index contributed by atoms with van der Waals surface area (Å²) in [7, 11) is 3.09. The van der Waals surface area contributed by atoms with Gasteiger partial charge in [-0.15, -0.1) is 0 Å². The van der Waals surface area contributed by atoms with E-state index < -0.39 is 5.69 Å². The van der Waals surface area contributed by atoms with Gasteiger partial charge in [0.05, 0.1) is 13.2 Å². The van der Waals surface area contributed by atoms with E-state index in [0.29, 0.717) is 46.9 Å². The van der Waals surface area contributed by atoms with E-state index in [9.17, 15) is 9.59 Å². The highest BCUT2D eigenvalue weighted by atomic mass is 35.5. The predicted octanol–water partition coefficient (Wildman–Crippen LogP) is 2.26. The number of ether oxygens (including phenoxy) is 1. The van der Waals surface area contributed by atoms with Gasteiger partial charge < -0.3 is 9.30 Å². The first kappa shape index (κ1) is 19.7. The molecule has 9 heteroatoms. The zero-order valence-electron chi connectivity index (χ0n) is 15.4. The molecule has 0 aliphatic heterocycles. The molecule has 0 amide bonds. The molecule has 0 unspecified atom stereocenters. The Morgan fingerprint density at radius 1 is 1.19 bits per heavy atom. The third-order valence-corrected chi connectivity index (χ3v) is 5.57. The minimum absolute atomic E-state index is 0.370. The maximum atomic E-state index is 12.8. The van der Waals surface area contributed by atoms with Crippen LogP contribution in [0.5, 0.6) is 0 Å². The lowest BCUT2D eigenvalue weighted by atomic mass is 10.2. The summed E-state index contributed by atoms with van der Waals surface area (Å²) < 4.78 is 9.71. The summed E-state index contributed by atoms with van der Waals surface area (Å²) in [6, 6.07) is 7.48. The van der Waals surface area contributed by atoms with Crippen LogP contribution >= 0.6 is 23.4 Å². The number of benzene rings is 1. The van der Waals surface area contributed by atoms with Gasteiger partial charge >= 0.3 is 5.69 Å². The van der Waals surface area contributed by atoms with Gasteiger partial charge in [0.2, 0.25) is 0 Å². The Hall–Kier alpha value is -2.03. The van der Waals surface area contributed by atoms with Crippen LogP contribution in [0.15, 0.2) is 39.0 Å². The summed E-state index contributed by atoms with van der Waals surface area (Å²) >= 11 is 7.81. The number of hydrogen-bond donors (Lipinski definition) is 0. The Morgan fingerprint density at radius 2 is 1.93 bits per heavy atom. The van der Waals surface area contributed by atoms with Crippen molar-refractivity contribution in [3.63, 3.8) is 0 Å². The van der Waals surface area contributed by atoms with Crippen LogP contribution in [0.1, 0.15) is 12.5 Å². The van der Waals surface area contributed by atoms with Crippen LogP contribution in [0.4, 0.5) is 0 Å². The average Bonchev–Trinajstić information content (AvgIpc) is 3.02. The smallest absolute Gasteiger partial charge is 0.332 e. The van der Waals surface area contributed by atoms with E-state index in [0.717, 1.165) is 10.1 Å². The van der Waals surface area contributed by atoms with Crippen LogP contribution < -0.4 is 11.2 Å². The molecular formula is C18H21ClN4O3S. The molecule has 2 heterocycles. The zero-order valence-corrected chi connectivity index (χ0v) is 17.0. The molecule has 3 rings (SSSR count). The summed E-state index contributed by atoms with van der Waals surface area (Å²) in [6.07, 6.45) is 0. The molecule has 0 atom stereocenters. The highest BCUT2D eigenvalue weighted by Gasteiger charge is 2.20. The number of rotatable bonds is 7.